The van der Waals surface area contributed by atoms with Crippen molar-refractivity contribution >= 4 is 0 Å². The van der Waals surface area contributed by atoms with E-state index in [1.54, 1.807) is 0 Å². The zero-order valence-electron chi connectivity index (χ0n) is 8.87. The van der Waals surface area contributed by atoms with Gasteiger partial charge >= 0.3 is 0 Å². The average molecular weight is 192 g/mol. The van der Waals surface area contributed by atoms with E-state index in [0.717, 1.165) is 12.5 Å². The molecule has 2 fully saturated rings. The molecular weight excluding hydrogens is 172 g/mol. The second-order valence-corrected chi connectivity index (χ2v) is 5.44. The Kier molecular flexibility index (Phi) is 2.16. The van der Waals surface area contributed by atoms with Crippen molar-refractivity contribution in [2.45, 2.75) is 51.0 Å². The molecule has 2 saturated carbocycles. The molecule has 1 heteroatoms. The lowest BCUT2D eigenvalue weighted by Gasteiger charge is -2.25. The fourth-order valence-corrected chi connectivity index (χ4v) is 3.37. The van der Waals surface area contributed by atoms with Crippen molar-refractivity contribution < 1.29 is 4.74 Å². The fourth-order valence-electron chi connectivity index (χ4n) is 3.37. The van der Waals surface area contributed by atoms with Crippen LogP contribution in [0.2, 0.25) is 0 Å². The molecule has 3 rings (SSSR count). The Hall–Kier alpha value is -0.300. The molecule has 0 aromatic rings. The predicted octanol–water partition coefficient (Wildman–Crippen LogP) is 3.30. The standard InChI is InChI=1S/C13H20O/c1-2-4-12(3-1)14-10-13-7-5-11(9-13)6-8-13/h5,7,11-12H,1-4,6,8-10H2. The zero-order valence-corrected chi connectivity index (χ0v) is 8.87. The van der Waals surface area contributed by atoms with Crippen molar-refractivity contribution in [1.82, 2.24) is 0 Å². The Morgan fingerprint density at radius 3 is 2.64 bits per heavy atom. The van der Waals surface area contributed by atoms with Gasteiger partial charge in [0, 0.05) is 5.41 Å². The van der Waals surface area contributed by atoms with E-state index >= 15 is 0 Å². The first-order valence-corrected chi connectivity index (χ1v) is 6.17. The van der Waals surface area contributed by atoms with E-state index < -0.39 is 0 Å². The van der Waals surface area contributed by atoms with Gasteiger partial charge in [-0.2, -0.15) is 0 Å². The molecule has 0 N–H and O–H groups in total. The number of fused-ring (bicyclic) bond motifs is 2. The molecule has 0 aromatic carbocycles. The van der Waals surface area contributed by atoms with E-state index in [1.807, 2.05) is 0 Å². The molecule has 3 aliphatic rings. The van der Waals surface area contributed by atoms with Gasteiger partial charge in [-0.05, 0) is 38.0 Å². The minimum Gasteiger partial charge on any atom is -0.377 e. The summed E-state index contributed by atoms with van der Waals surface area (Å²) in [6, 6.07) is 0. The third kappa shape index (κ3) is 1.52. The third-order valence-corrected chi connectivity index (χ3v) is 4.31. The molecule has 0 aromatic heterocycles. The van der Waals surface area contributed by atoms with Gasteiger partial charge in [0.2, 0.25) is 0 Å². The van der Waals surface area contributed by atoms with Gasteiger partial charge in [-0.25, -0.2) is 0 Å². The maximum atomic E-state index is 6.06. The second kappa shape index (κ2) is 3.37. The van der Waals surface area contributed by atoms with Gasteiger partial charge in [0.15, 0.2) is 0 Å². The lowest BCUT2D eigenvalue weighted by atomic mass is 9.89. The third-order valence-electron chi connectivity index (χ3n) is 4.31. The summed E-state index contributed by atoms with van der Waals surface area (Å²) >= 11 is 0. The minimum atomic E-state index is 0.466. The number of rotatable bonds is 3. The van der Waals surface area contributed by atoms with E-state index in [0.29, 0.717) is 11.5 Å². The van der Waals surface area contributed by atoms with E-state index in [9.17, 15) is 0 Å². The van der Waals surface area contributed by atoms with Crippen LogP contribution in [0.5, 0.6) is 0 Å². The fraction of sp³-hybridized carbons (Fsp3) is 0.846. The summed E-state index contributed by atoms with van der Waals surface area (Å²) in [5.41, 5.74) is 0.466. The Balaban J connectivity index is 1.54. The Morgan fingerprint density at radius 2 is 2.07 bits per heavy atom. The van der Waals surface area contributed by atoms with Crippen molar-refractivity contribution in [1.29, 1.82) is 0 Å². The highest BCUT2D eigenvalue weighted by Gasteiger charge is 2.41. The highest BCUT2D eigenvalue weighted by Crippen LogP contribution is 2.49. The second-order valence-electron chi connectivity index (χ2n) is 5.44. The van der Waals surface area contributed by atoms with Crippen LogP contribution < -0.4 is 0 Å². The molecule has 0 amide bonds. The quantitative estimate of drug-likeness (QED) is 0.623. The highest BCUT2D eigenvalue weighted by atomic mass is 16.5. The molecule has 0 aliphatic heterocycles. The summed E-state index contributed by atoms with van der Waals surface area (Å²) in [5.74, 6) is 0.891. The molecule has 0 radical (unpaired) electrons. The average Bonchev–Trinajstić information content (AvgIpc) is 2.93. The number of hydrogen-bond acceptors (Lipinski definition) is 1. The lowest BCUT2D eigenvalue weighted by molar-refractivity contribution is 0.0137. The molecule has 2 unspecified atom stereocenters. The van der Waals surface area contributed by atoms with Gasteiger partial charge in [0.25, 0.3) is 0 Å². The van der Waals surface area contributed by atoms with E-state index in [-0.39, 0.29) is 0 Å². The van der Waals surface area contributed by atoms with E-state index in [2.05, 4.69) is 12.2 Å². The molecule has 1 nitrogen and oxygen atoms in total. The topological polar surface area (TPSA) is 9.23 Å². The van der Waals surface area contributed by atoms with Crippen LogP contribution in [-0.2, 0) is 4.74 Å². The summed E-state index contributed by atoms with van der Waals surface area (Å²) in [4.78, 5) is 0. The minimum absolute atomic E-state index is 0.466. The number of hydrogen-bond donors (Lipinski definition) is 0. The van der Waals surface area contributed by atoms with Crippen molar-refractivity contribution in [2.24, 2.45) is 11.3 Å². The summed E-state index contributed by atoms with van der Waals surface area (Å²) in [6.07, 6.45) is 15.0. The van der Waals surface area contributed by atoms with E-state index in [1.165, 1.54) is 44.9 Å². The Labute approximate surface area is 86.5 Å². The van der Waals surface area contributed by atoms with Gasteiger partial charge in [-0.3, -0.25) is 0 Å². The van der Waals surface area contributed by atoms with Gasteiger partial charge in [0.1, 0.15) is 0 Å². The highest BCUT2D eigenvalue weighted by molar-refractivity contribution is 5.15. The first-order chi connectivity index (χ1) is 6.86. The molecule has 0 saturated heterocycles. The predicted molar refractivity (Wildman–Crippen MR) is 57.1 cm³/mol. The molecule has 14 heavy (non-hydrogen) atoms. The zero-order chi connectivity index (χ0) is 9.43. The normalized spacial score (nSPS) is 41.3. The Morgan fingerprint density at radius 1 is 1.21 bits per heavy atom. The largest absolute Gasteiger partial charge is 0.377 e. The molecule has 2 bridgehead atoms. The summed E-state index contributed by atoms with van der Waals surface area (Å²) in [7, 11) is 0. The smallest absolute Gasteiger partial charge is 0.0575 e. The summed E-state index contributed by atoms with van der Waals surface area (Å²) in [5, 5.41) is 0. The van der Waals surface area contributed by atoms with Crippen LogP contribution in [0.3, 0.4) is 0 Å². The van der Waals surface area contributed by atoms with Crippen molar-refractivity contribution in [3.05, 3.63) is 12.2 Å². The molecule has 3 aliphatic carbocycles. The summed E-state index contributed by atoms with van der Waals surface area (Å²) < 4.78 is 6.06. The van der Waals surface area contributed by atoms with Crippen LogP contribution in [0, 0.1) is 11.3 Å². The van der Waals surface area contributed by atoms with Crippen LogP contribution in [0.25, 0.3) is 0 Å². The van der Waals surface area contributed by atoms with Gasteiger partial charge in [-0.1, -0.05) is 25.0 Å². The van der Waals surface area contributed by atoms with Crippen LogP contribution >= 0.6 is 0 Å². The first kappa shape index (κ1) is 8.96. The van der Waals surface area contributed by atoms with E-state index in [4.69, 9.17) is 4.74 Å². The maximum Gasteiger partial charge on any atom is 0.0575 e. The van der Waals surface area contributed by atoms with Crippen molar-refractivity contribution in [3.8, 4) is 0 Å². The Bertz CT molecular complexity index is 240. The molecule has 2 atom stereocenters. The monoisotopic (exact) mass is 192 g/mol. The lowest BCUT2D eigenvalue weighted by Crippen LogP contribution is -2.23. The maximum absolute atomic E-state index is 6.06. The first-order valence-electron chi connectivity index (χ1n) is 6.17. The summed E-state index contributed by atoms with van der Waals surface area (Å²) in [6.45, 7) is 1.00. The number of allylic oxidation sites excluding steroid dienone is 1. The number of ether oxygens (including phenoxy) is 1. The van der Waals surface area contributed by atoms with Crippen LogP contribution in [0.1, 0.15) is 44.9 Å². The van der Waals surface area contributed by atoms with Crippen molar-refractivity contribution in [3.63, 3.8) is 0 Å². The van der Waals surface area contributed by atoms with Crippen LogP contribution in [0.15, 0.2) is 12.2 Å². The van der Waals surface area contributed by atoms with Gasteiger partial charge in [-0.15, -0.1) is 0 Å². The molecule has 0 heterocycles. The van der Waals surface area contributed by atoms with Gasteiger partial charge in [0.05, 0.1) is 12.7 Å². The van der Waals surface area contributed by atoms with Crippen LogP contribution in [-0.4, -0.2) is 12.7 Å². The molecule has 78 valence electrons. The van der Waals surface area contributed by atoms with Crippen molar-refractivity contribution in [2.75, 3.05) is 6.61 Å². The molecule has 0 spiro atoms. The van der Waals surface area contributed by atoms with Crippen LogP contribution in [0.4, 0.5) is 0 Å². The van der Waals surface area contributed by atoms with Gasteiger partial charge < -0.3 is 4.74 Å². The molecular formula is C13H20O. The SMILES string of the molecule is C1=CC2(COC3CCCC3)CCC1C2.